The summed E-state index contributed by atoms with van der Waals surface area (Å²) >= 11 is 0. The van der Waals surface area contributed by atoms with E-state index in [1.165, 1.54) is 6.92 Å². The zero-order valence-electron chi connectivity index (χ0n) is 13.4. The minimum Gasteiger partial charge on any atom is -0.352 e. The molecule has 0 radical (unpaired) electrons. The van der Waals surface area contributed by atoms with Gasteiger partial charge in [0.15, 0.2) is 5.78 Å². The van der Waals surface area contributed by atoms with E-state index in [0.29, 0.717) is 11.3 Å². The fourth-order valence-corrected chi connectivity index (χ4v) is 3.59. The molecule has 1 saturated carbocycles. The first kappa shape index (κ1) is 17.5. The Bertz CT molecular complexity index is 677. The lowest BCUT2D eigenvalue weighted by molar-refractivity contribution is -0.120. The molecule has 0 aromatic heterocycles. The summed E-state index contributed by atoms with van der Waals surface area (Å²) in [5.41, 5.74) is 0.872. The smallest absolute Gasteiger partial charge is 0.240 e. The lowest BCUT2D eigenvalue weighted by Crippen LogP contribution is -2.43. The highest BCUT2D eigenvalue weighted by Gasteiger charge is 2.23. The van der Waals surface area contributed by atoms with Gasteiger partial charge in [0.2, 0.25) is 15.9 Å². The van der Waals surface area contributed by atoms with Crippen molar-refractivity contribution in [1.29, 1.82) is 0 Å². The van der Waals surface area contributed by atoms with Crippen molar-refractivity contribution < 1.29 is 18.0 Å². The molecular formula is C16H22N2O4S. The molecule has 6 nitrogen and oxygen atoms in total. The lowest BCUT2D eigenvalue weighted by atomic mass is 10.1. The van der Waals surface area contributed by atoms with Crippen molar-refractivity contribution in [2.45, 2.75) is 38.6 Å². The van der Waals surface area contributed by atoms with Gasteiger partial charge in [0.1, 0.15) is 6.54 Å². The third-order valence-corrected chi connectivity index (χ3v) is 5.11. The highest BCUT2D eigenvalue weighted by Crippen LogP contribution is 2.20. The first-order valence-corrected chi connectivity index (χ1v) is 9.50. The Morgan fingerprint density at radius 2 is 1.74 bits per heavy atom. The number of benzene rings is 1. The van der Waals surface area contributed by atoms with Crippen LogP contribution in [0.3, 0.4) is 0 Å². The van der Waals surface area contributed by atoms with Crippen LogP contribution in [-0.4, -0.2) is 39.0 Å². The average molecular weight is 338 g/mol. The van der Waals surface area contributed by atoms with E-state index >= 15 is 0 Å². The number of carbonyl (C=O) groups excluding carboxylic acids is 2. The van der Waals surface area contributed by atoms with E-state index < -0.39 is 10.0 Å². The van der Waals surface area contributed by atoms with Crippen molar-refractivity contribution in [2.24, 2.45) is 0 Å². The van der Waals surface area contributed by atoms with Gasteiger partial charge in [-0.25, -0.2) is 8.42 Å². The molecule has 0 aliphatic heterocycles. The summed E-state index contributed by atoms with van der Waals surface area (Å²) in [5.74, 6) is -0.403. The molecule has 1 aromatic carbocycles. The van der Waals surface area contributed by atoms with Crippen LogP contribution in [0.4, 0.5) is 5.69 Å². The van der Waals surface area contributed by atoms with Gasteiger partial charge in [-0.05, 0) is 44.0 Å². The van der Waals surface area contributed by atoms with E-state index in [9.17, 15) is 18.0 Å². The zero-order chi connectivity index (χ0) is 17.0. The Labute approximate surface area is 136 Å². The van der Waals surface area contributed by atoms with Crippen molar-refractivity contribution in [3.63, 3.8) is 0 Å². The first-order chi connectivity index (χ1) is 10.8. The van der Waals surface area contributed by atoms with E-state index in [2.05, 4.69) is 5.32 Å². The van der Waals surface area contributed by atoms with Crippen molar-refractivity contribution >= 4 is 27.4 Å². The van der Waals surface area contributed by atoms with Gasteiger partial charge in [-0.1, -0.05) is 12.8 Å². The largest absolute Gasteiger partial charge is 0.352 e. The van der Waals surface area contributed by atoms with Crippen LogP contribution >= 0.6 is 0 Å². The van der Waals surface area contributed by atoms with E-state index in [1.807, 2.05) is 0 Å². The highest BCUT2D eigenvalue weighted by atomic mass is 32.2. The predicted octanol–water partition coefficient (Wildman–Crippen LogP) is 1.71. The number of hydrogen-bond donors (Lipinski definition) is 1. The molecule has 23 heavy (non-hydrogen) atoms. The molecule has 0 atom stereocenters. The third-order valence-electron chi connectivity index (χ3n) is 3.97. The van der Waals surface area contributed by atoms with Crippen molar-refractivity contribution in [1.82, 2.24) is 5.32 Å². The molecule has 1 amide bonds. The molecule has 1 fully saturated rings. The molecule has 1 aliphatic rings. The van der Waals surface area contributed by atoms with Crippen LogP contribution in [0.5, 0.6) is 0 Å². The van der Waals surface area contributed by atoms with Crippen LogP contribution < -0.4 is 9.62 Å². The molecule has 0 heterocycles. The second kappa shape index (κ2) is 7.12. The number of anilines is 1. The van der Waals surface area contributed by atoms with Crippen LogP contribution in [0.25, 0.3) is 0 Å². The number of ketones is 1. The summed E-state index contributed by atoms with van der Waals surface area (Å²) in [6.45, 7) is 1.19. The fraction of sp³-hybridized carbons (Fsp3) is 0.500. The first-order valence-electron chi connectivity index (χ1n) is 7.65. The second-order valence-electron chi connectivity index (χ2n) is 5.92. The van der Waals surface area contributed by atoms with Crippen LogP contribution in [0.15, 0.2) is 24.3 Å². The second-order valence-corrected chi connectivity index (χ2v) is 7.83. The van der Waals surface area contributed by atoms with E-state index in [4.69, 9.17) is 0 Å². The number of rotatable bonds is 6. The van der Waals surface area contributed by atoms with Gasteiger partial charge in [-0.2, -0.15) is 0 Å². The summed E-state index contributed by atoms with van der Waals surface area (Å²) < 4.78 is 25.1. The maximum absolute atomic E-state index is 12.1. The van der Waals surface area contributed by atoms with Gasteiger partial charge in [-0.15, -0.1) is 0 Å². The molecule has 0 bridgehead atoms. The maximum atomic E-state index is 12.1. The topological polar surface area (TPSA) is 83.6 Å². The van der Waals surface area contributed by atoms with E-state index in [1.54, 1.807) is 24.3 Å². The molecule has 1 N–H and O–H groups in total. The number of Topliss-reactive ketones (excluding diaryl/α,β-unsaturated/α-hetero) is 1. The number of hydrogen-bond acceptors (Lipinski definition) is 4. The number of nitrogens with zero attached hydrogens (tertiary/aromatic N) is 1. The molecule has 1 aliphatic carbocycles. The van der Waals surface area contributed by atoms with Crippen LogP contribution in [-0.2, 0) is 14.8 Å². The van der Waals surface area contributed by atoms with Crippen LogP contribution in [0, 0.1) is 0 Å². The Morgan fingerprint density at radius 3 is 2.22 bits per heavy atom. The number of amides is 1. The quantitative estimate of drug-likeness (QED) is 0.801. The van der Waals surface area contributed by atoms with Gasteiger partial charge in [0.05, 0.1) is 11.9 Å². The van der Waals surface area contributed by atoms with Crippen LogP contribution in [0.1, 0.15) is 43.0 Å². The van der Waals surface area contributed by atoms with Gasteiger partial charge < -0.3 is 5.32 Å². The summed E-state index contributed by atoms with van der Waals surface area (Å²) in [7, 11) is -3.59. The molecule has 0 saturated heterocycles. The Balaban J connectivity index is 2.13. The number of carbonyl (C=O) groups is 2. The number of sulfonamides is 1. The van der Waals surface area contributed by atoms with Crippen molar-refractivity contribution in [2.75, 3.05) is 17.1 Å². The highest BCUT2D eigenvalue weighted by molar-refractivity contribution is 7.92. The molecule has 7 heteroatoms. The lowest BCUT2D eigenvalue weighted by Gasteiger charge is -2.23. The van der Waals surface area contributed by atoms with Gasteiger partial charge in [0, 0.05) is 11.6 Å². The maximum Gasteiger partial charge on any atom is 0.240 e. The van der Waals surface area contributed by atoms with Crippen molar-refractivity contribution in [3.05, 3.63) is 29.8 Å². The normalized spacial score (nSPS) is 15.4. The minimum atomic E-state index is -3.59. The molecule has 2 rings (SSSR count). The summed E-state index contributed by atoms with van der Waals surface area (Å²) in [4.78, 5) is 23.4. The molecule has 0 spiro atoms. The summed E-state index contributed by atoms with van der Waals surface area (Å²) in [6.07, 6.45) is 5.13. The fourth-order valence-electron chi connectivity index (χ4n) is 2.74. The van der Waals surface area contributed by atoms with Crippen molar-refractivity contribution in [3.8, 4) is 0 Å². The van der Waals surface area contributed by atoms with Gasteiger partial charge in [-0.3, -0.25) is 13.9 Å². The molecular weight excluding hydrogens is 316 g/mol. The Hall–Kier alpha value is -1.89. The molecule has 1 aromatic rings. The average Bonchev–Trinajstić information content (AvgIpc) is 2.96. The number of nitrogens with one attached hydrogen (secondary N) is 1. The zero-order valence-corrected chi connectivity index (χ0v) is 14.2. The minimum absolute atomic E-state index is 0.0959. The Morgan fingerprint density at radius 1 is 1.17 bits per heavy atom. The third kappa shape index (κ3) is 4.79. The van der Waals surface area contributed by atoms with E-state index in [0.717, 1.165) is 36.2 Å². The SMILES string of the molecule is CC(=O)c1ccc(N(CC(=O)NC2CCCC2)S(C)(=O)=O)cc1. The monoisotopic (exact) mass is 338 g/mol. The Kier molecular flexibility index (Phi) is 5.41. The standard InChI is InChI=1S/C16H22N2O4S/c1-12(19)13-7-9-15(10-8-13)18(23(2,21)22)11-16(20)17-14-5-3-4-6-14/h7-10,14H,3-6,11H2,1-2H3,(H,17,20). The predicted molar refractivity (Wildman–Crippen MR) is 89.0 cm³/mol. The van der Waals surface area contributed by atoms with Gasteiger partial charge >= 0.3 is 0 Å². The molecule has 126 valence electrons. The summed E-state index contributed by atoms with van der Waals surface area (Å²) in [5, 5.41) is 2.88. The van der Waals surface area contributed by atoms with Gasteiger partial charge in [0.25, 0.3) is 0 Å². The van der Waals surface area contributed by atoms with E-state index in [-0.39, 0.29) is 24.3 Å². The summed E-state index contributed by atoms with van der Waals surface area (Å²) in [6, 6.07) is 6.35. The van der Waals surface area contributed by atoms with Crippen LogP contribution in [0.2, 0.25) is 0 Å². The molecule has 0 unspecified atom stereocenters.